The number of sulfonamides is 2. The molecule has 22 nitrogen and oxygen atoms in total. The van der Waals surface area contributed by atoms with Crippen molar-refractivity contribution in [1.29, 1.82) is 0 Å². The maximum absolute atomic E-state index is 14.3. The number of carbonyl (C=O) groups excluding carboxylic acids is 7. The summed E-state index contributed by atoms with van der Waals surface area (Å²) in [4.78, 5) is 96.8. The number of carbonyl (C=O) groups is 7. The van der Waals surface area contributed by atoms with Gasteiger partial charge in [0.05, 0.1) is 30.2 Å². The summed E-state index contributed by atoms with van der Waals surface area (Å²) < 4.78 is 68.5. The smallest absolute Gasteiger partial charge is 0.408 e. The highest BCUT2D eigenvalue weighted by atomic mass is 32.2. The van der Waals surface area contributed by atoms with Gasteiger partial charge < -0.3 is 50.4 Å². The molecule has 0 bridgehead atoms. The molecular formula is C60H110N8O14S2Si2. The van der Waals surface area contributed by atoms with Crippen LogP contribution in [0.3, 0.4) is 0 Å². The molecule has 10 atom stereocenters. The predicted molar refractivity (Wildman–Crippen MR) is 338 cm³/mol. The number of ether oxygens (including phenoxy) is 2. The summed E-state index contributed by atoms with van der Waals surface area (Å²) in [5, 5.41) is 21.2. The van der Waals surface area contributed by atoms with E-state index in [1.54, 1.807) is 41.5 Å². The van der Waals surface area contributed by atoms with Crippen LogP contribution in [0.5, 0.6) is 0 Å². The molecule has 86 heavy (non-hydrogen) atoms. The molecule has 494 valence electrons. The van der Waals surface area contributed by atoms with E-state index in [-0.39, 0.29) is 90.6 Å². The summed E-state index contributed by atoms with van der Waals surface area (Å²) in [5.41, 5.74) is -1.94. The topological polar surface area (TPSA) is 288 Å². The zero-order chi connectivity index (χ0) is 64.8. The van der Waals surface area contributed by atoms with Gasteiger partial charge in [0.1, 0.15) is 41.7 Å². The Kier molecular flexibility index (Phi) is 24.7. The van der Waals surface area contributed by atoms with Crippen molar-refractivity contribution >= 4 is 78.3 Å². The fraction of sp³-hybridized carbons (Fsp3) is 0.883. The molecule has 6 aliphatic rings. The number of piperidine rings is 2. The van der Waals surface area contributed by atoms with E-state index in [0.717, 1.165) is 57.7 Å². The fourth-order valence-corrected chi connectivity index (χ4v) is 21.9. The normalized spacial score (nSPS) is 29.7. The molecule has 6 amide bonds. The molecule has 0 spiro atoms. The molecule has 0 aromatic heterocycles. The molecule has 5 N–H and O–H groups in total. The van der Waals surface area contributed by atoms with Gasteiger partial charge in [0.15, 0.2) is 0 Å². The summed E-state index contributed by atoms with van der Waals surface area (Å²) in [6.45, 7) is 31.8. The second-order valence-electron chi connectivity index (χ2n) is 30.9. The van der Waals surface area contributed by atoms with Crippen molar-refractivity contribution in [3.63, 3.8) is 0 Å². The number of nitrogens with zero attached hydrogens (tertiary/aromatic N) is 4. The van der Waals surface area contributed by atoms with Gasteiger partial charge in [-0.05, 0) is 114 Å². The Hall–Kier alpha value is -3.70. The highest BCUT2D eigenvalue weighted by Crippen LogP contribution is 2.66. The Morgan fingerprint density at radius 1 is 0.593 bits per heavy atom. The maximum atomic E-state index is 14.3. The number of rotatable bonds is 12. The first kappa shape index (κ1) is 73.0. The SMILES string of the molecule is CC(C)(C)OC(=O)N[C@H]1CN(S(=O)(=O)CC[Si](C)(C)C)CCCCCCC[C@@H](C=O)NC(=O)[C@@H]2[C@@H]3[C@H](CN2C1=O)C3(C)C.CC(C)(C)OC(=O)N[C@H]1CN(S(=O)(=O)CC[Si](C)(C)C)CCCCCCC[C@@H](CO)NC(=O)[C@@H]2[C@@H]3[C@H](CN2C1=O)C3(C)C. The molecule has 0 aromatic rings. The molecular weight excluding hydrogens is 1180 g/mol. The van der Waals surface area contributed by atoms with Gasteiger partial charge >= 0.3 is 12.2 Å². The Bertz CT molecular complexity index is 2620. The fourth-order valence-electron chi connectivity index (χ4n) is 12.9. The van der Waals surface area contributed by atoms with Crippen LogP contribution in [0.1, 0.15) is 146 Å². The molecule has 6 fully saturated rings. The van der Waals surface area contributed by atoms with Crippen LogP contribution in [0.25, 0.3) is 0 Å². The summed E-state index contributed by atoms with van der Waals surface area (Å²) in [5.74, 6) is -1.69. The Balaban J connectivity index is 0.000000314. The van der Waals surface area contributed by atoms with Gasteiger partial charge in [-0.15, -0.1) is 0 Å². The van der Waals surface area contributed by atoms with Crippen molar-refractivity contribution in [1.82, 2.24) is 39.7 Å². The number of fused-ring (bicyclic) bond motifs is 6. The average Bonchev–Trinajstić information content (AvgIpc) is 1.54. The number of hydrogen-bond donors (Lipinski definition) is 5. The standard InChI is InChI=1S/C30H56N4O7SSi.C30H54N4O7SSi/c2*1-29(2,3)41-28(38)32-23-19-33(42(39,40)16-17-43(6,7)8)15-13-11-9-10-12-14-21(20-35)31-26(36)25-24-22(30(24,4)5)18-34(25)27(23)37/h21-25,35H,9-20H2,1-8H3,(H,31,36)(H,32,38);20-25H,9-19H2,1-8H3,(H,31,36)(H,32,38)/t2*21-,22-,23-,24-,25-/m00/s1. The van der Waals surface area contributed by atoms with Gasteiger partial charge in [-0.2, -0.15) is 8.61 Å². The maximum Gasteiger partial charge on any atom is 0.408 e. The van der Waals surface area contributed by atoms with E-state index in [1.165, 1.54) is 18.4 Å². The zero-order valence-electron chi connectivity index (χ0n) is 55.0. The van der Waals surface area contributed by atoms with Crippen LogP contribution in [0.2, 0.25) is 51.4 Å². The third kappa shape index (κ3) is 20.7. The second kappa shape index (κ2) is 29.1. The van der Waals surface area contributed by atoms with Crippen LogP contribution in [0.15, 0.2) is 0 Å². The van der Waals surface area contributed by atoms with Crippen LogP contribution in [0.4, 0.5) is 9.59 Å². The van der Waals surface area contributed by atoms with Crippen LogP contribution in [-0.2, 0) is 53.5 Å². The van der Waals surface area contributed by atoms with E-state index in [4.69, 9.17) is 9.47 Å². The minimum absolute atomic E-state index is 0.00823. The van der Waals surface area contributed by atoms with Crippen molar-refractivity contribution < 1.29 is 65.0 Å². The first-order valence-electron chi connectivity index (χ1n) is 31.8. The van der Waals surface area contributed by atoms with Gasteiger partial charge in [-0.25, -0.2) is 26.4 Å². The second-order valence-corrected chi connectivity index (χ2v) is 46.3. The summed E-state index contributed by atoms with van der Waals surface area (Å²) >= 11 is 0. The molecule has 26 heteroatoms. The van der Waals surface area contributed by atoms with Crippen LogP contribution in [0, 0.1) is 34.5 Å². The lowest BCUT2D eigenvalue weighted by Crippen LogP contribution is -2.60. The van der Waals surface area contributed by atoms with Crippen LogP contribution >= 0.6 is 0 Å². The molecule has 2 saturated carbocycles. The first-order valence-corrected chi connectivity index (χ1v) is 42.4. The van der Waals surface area contributed by atoms with Crippen molar-refractivity contribution in [2.45, 2.75) is 245 Å². The Labute approximate surface area is 517 Å². The molecule has 0 unspecified atom stereocenters. The van der Waals surface area contributed by atoms with E-state index >= 15 is 0 Å². The highest BCUT2D eigenvalue weighted by molar-refractivity contribution is 7.89. The molecule has 4 saturated heterocycles. The van der Waals surface area contributed by atoms with Crippen molar-refractivity contribution in [3.8, 4) is 0 Å². The van der Waals surface area contributed by atoms with E-state index in [2.05, 4.69) is 88.2 Å². The molecule has 0 radical (unpaired) electrons. The Morgan fingerprint density at radius 3 is 1.31 bits per heavy atom. The molecule has 4 aliphatic heterocycles. The Morgan fingerprint density at radius 2 is 0.953 bits per heavy atom. The number of aldehydes is 1. The van der Waals surface area contributed by atoms with E-state index in [9.17, 15) is 55.5 Å². The highest BCUT2D eigenvalue weighted by Gasteiger charge is 2.71. The third-order valence-electron chi connectivity index (χ3n) is 18.2. The summed E-state index contributed by atoms with van der Waals surface area (Å²) in [6, 6.07) is -3.94. The van der Waals surface area contributed by atoms with Crippen LogP contribution in [-0.4, -0.2) is 203 Å². The molecule has 0 aromatic carbocycles. The molecule has 6 rings (SSSR count). The van der Waals surface area contributed by atoms with Crippen LogP contribution < -0.4 is 21.3 Å². The summed E-state index contributed by atoms with van der Waals surface area (Å²) in [6.07, 6.45) is 8.17. The number of nitrogens with one attached hydrogen (secondary N) is 4. The number of aliphatic hydroxyl groups is 1. The van der Waals surface area contributed by atoms with Gasteiger partial charge in [0, 0.05) is 55.4 Å². The van der Waals surface area contributed by atoms with E-state index in [1.807, 2.05) is 0 Å². The summed E-state index contributed by atoms with van der Waals surface area (Å²) in [7, 11) is -10.8. The minimum Gasteiger partial charge on any atom is -0.444 e. The number of hydrogen-bond acceptors (Lipinski definition) is 14. The van der Waals surface area contributed by atoms with E-state index < -0.39 is 108 Å². The average molecular weight is 1290 g/mol. The lowest BCUT2D eigenvalue weighted by Gasteiger charge is -2.35. The first-order chi connectivity index (χ1) is 39.5. The molecule has 2 aliphatic carbocycles. The number of amides is 6. The van der Waals surface area contributed by atoms with Crippen molar-refractivity contribution in [3.05, 3.63) is 0 Å². The van der Waals surface area contributed by atoms with E-state index in [0.29, 0.717) is 50.9 Å². The quantitative estimate of drug-likeness (QED) is 0.103. The molecule has 4 heterocycles. The number of aliphatic hydroxyl groups excluding tert-OH is 1. The zero-order valence-corrected chi connectivity index (χ0v) is 58.6. The van der Waals surface area contributed by atoms with Gasteiger partial charge in [-0.3, -0.25) is 19.2 Å². The largest absolute Gasteiger partial charge is 0.444 e. The monoisotopic (exact) mass is 1290 g/mol. The van der Waals surface area contributed by atoms with Gasteiger partial charge in [0.25, 0.3) is 0 Å². The lowest BCUT2D eigenvalue weighted by molar-refractivity contribution is -0.142. The minimum atomic E-state index is -3.74. The van der Waals surface area contributed by atoms with Gasteiger partial charge in [0.2, 0.25) is 43.7 Å². The third-order valence-corrected chi connectivity index (χ3v) is 26.1. The van der Waals surface area contributed by atoms with Crippen molar-refractivity contribution in [2.75, 3.05) is 57.4 Å². The predicted octanol–water partition coefficient (Wildman–Crippen LogP) is 6.53. The van der Waals surface area contributed by atoms with Gasteiger partial charge in [-0.1, -0.05) is 118 Å². The number of alkyl carbamates (subject to hydrolysis) is 2. The lowest BCUT2D eigenvalue weighted by atomic mass is 9.99. The van der Waals surface area contributed by atoms with Crippen molar-refractivity contribution in [2.24, 2.45) is 34.5 Å².